The largest absolute Gasteiger partial charge is 0.364 e. The molecule has 0 fully saturated rings. The SMILES string of the molecule is OC(O)c1cc(CSSc2ccccn2)cc(CSSc2ccccn2)c1. The summed E-state index contributed by atoms with van der Waals surface area (Å²) in [5.74, 6) is 1.51. The van der Waals surface area contributed by atoms with Crippen LogP contribution in [0.2, 0.25) is 0 Å². The van der Waals surface area contributed by atoms with E-state index in [0.29, 0.717) is 5.56 Å². The minimum absolute atomic E-state index is 0.523. The monoisotopic (exact) mass is 434 g/mol. The van der Waals surface area contributed by atoms with E-state index in [2.05, 4.69) is 16.0 Å². The van der Waals surface area contributed by atoms with Crippen LogP contribution in [0.15, 0.2) is 77.0 Å². The molecular weight excluding hydrogens is 416 g/mol. The second kappa shape index (κ2) is 11.0. The summed E-state index contributed by atoms with van der Waals surface area (Å²) in [4.78, 5) is 8.59. The highest BCUT2D eigenvalue weighted by Crippen LogP contribution is 2.35. The Morgan fingerprint density at radius 1 is 0.741 bits per heavy atom. The summed E-state index contributed by atoms with van der Waals surface area (Å²) in [6, 6.07) is 17.5. The van der Waals surface area contributed by atoms with Crippen LogP contribution in [0.1, 0.15) is 23.0 Å². The molecule has 0 amide bonds. The first kappa shape index (κ1) is 20.6. The average Bonchev–Trinajstić information content (AvgIpc) is 2.69. The molecule has 0 aliphatic carbocycles. The van der Waals surface area contributed by atoms with Gasteiger partial charge >= 0.3 is 0 Å². The first-order valence-electron chi connectivity index (χ1n) is 8.10. The Morgan fingerprint density at radius 2 is 1.26 bits per heavy atom. The van der Waals surface area contributed by atoms with Gasteiger partial charge < -0.3 is 10.2 Å². The first-order chi connectivity index (χ1) is 13.2. The van der Waals surface area contributed by atoms with Crippen LogP contribution in [0.5, 0.6) is 0 Å². The molecule has 8 heteroatoms. The van der Waals surface area contributed by atoms with E-state index < -0.39 is 6.29 Å². The number of hydrogen-bond donors (Lipinski definition) is 2. The molecule has 0 saturated heterocycles. The van der Waals surface area contributed by atoms with Crippen LogP contribution in [-0.4, -0.2) is 20.2 Å². The fourth-order valence-corrected chi connectivity index (χ4v) is 6.14. The fourth-order valence-electron chi connectivity index (χ4n) is 2.22. The Morgan fingerprint density at radius 3 is 1.67 bits per heavy atom. The van der Waals surface area contributed by atoms with Crippen LogP contribution in [0.25, 0.3) is 0 Å². The van der Waals surface area contributed by atoms with Gasteiger partial charge in [0.2, 0.25) is 0 Å². The summed E-state index contributed by atoms with van der Waals surface area (Å²) in [6.45, 7) is 0. The Labute approximate surface area is 174 Å². The average molecular weight is 435 g/mol. The number of hydrogen-bond acceptors (Lipinski definition) is 8. The molecule has 0 atom stereocenters. The maximum atomic E-state index is 9.59. The lowest BCUT2D eigenvalue weighted by Gasteiger charge is -2.11. The topological polar surface area (TPSA) is 66.2 Å². The van der Waals surface area contributed by atoms with Crippen molar-refractivity contribution in [2.75, 3.05) is 0 Å². The highest BCUT2D eigenvalue weighted by atomic mass is 33.1. The van der Waals surface area contributed by atoms with Crippen molar-refractivity contribution in [2.45, 2.75) is 27.8 Å². The minimum Gasteiger partial charge on any atom is -0.364 e. The number of benzene rings is 1. The van der Waals surface area contributed by atoms with Gasteiger partial charge in [-0.3, -0.25) is 0 Å². The van der Waals surface area contributed by atoms with Crippen LogP contribution in [-0.2, 0) is 11.5 Å². The van der Waals surface area contributed by atoms with Gasteiger partial charge in [-0.15, -0.1) is 0 Å². The summed E-state index contributed by atoms with van der Waals surface area (Å²) in [5, 5.41) is 21.1. The lowest BCUT2D eigenvalue weighted by atomic mass is 10.1. The van der Waals surface area contributed by atoms with Crippen LogP contribution >= 0.6 is 43.2 Å². The van der Waals surface area contributed by atoms with Gasteiger partial charge in [0, 0.05) is 29.5 Å². The summed E-state index contributed by atoms with van der Waals surface area (Å²) in [6.07, 6.45) is 2.09. The molecule has 3 rings (SSSR count). The van der Waals surface area contributed by atoms with E-state index in [-0.39, 0.29) is 0 Å². The van der Waals surface area contributed by atoms with Gasteiger partial charge in [-0.2, -0.15) is 0 Å². The number of aromatic nitrogens is 2. The van der Waals surface area contributed by atoms with Gasteiger partial charge in [-0.05, 0) is 69.1 Å². The smallest absolute Gasteiger partial charge is 0.178 e. The maximum absolute atomic E-state index is 9.59. The number of aliphatic hydroxyl groups excluding tert-OH is 1. The molecule has 27 heavy (non-hydrogen) atoms. The number of rotatable bonds is 9. The molecule has 0 radical (unpaired) electrons. The molecule has 140 valence electrons. The molecule has 0 aliphatic rings. The molecule has 2 N–H and O–H groups in total. The van der Waals surface area contributed by atoms with Crippen LogP contribution in [0, 0.1) is 0 Å². The molecule has 1 aromatic carbocycles. The Bertz CT molecular complexity index is 772. The molecule has 0 aliphatic heterocycles. The van der Waals surface area contributed by atoms with Crippen LogP contribution in [0.4, 0.5) is 0 Å². The van der Waals surface area contributed by atoms with Crippen molar-refractivity contribution < 1.29 is 10.2 Å². The predicted octanol–water partition coefficient (Wildman–Crippen LogP) is 5.34. The Hall–Kier alpha value is -1.16. The van der Waals surface area contributed by atoms with Crippen LogP contribution in [0.3, 0.4) is 0 Å². The molecule has 0 saturated carbocycles. The van der Waals surface area contributed by atoms with Crippen molar-refractivity contribution in [3.05, 3.63) is 83.7 Å². The van der Waals surface area contributed by atoms with E-state index in [1.807, 2.05) is 48.5 Å². The zero-order valence-corrected chi connectivity index (χ0v) is 17.5. The lowest BCUT2D eigenvalue weighted by Crippen LogP contribution is -1.98. The minimum atomic E-state index is -1.47. The van der Waals surface area contributed by atoms with E-state index in [0.717, 1.165) is 32.7 Å². The molecule has 4 nitrogen and oxygen atoms in total. The first-order valence-corrected chi connectivity index (χ1v) is 12.7. The summed E-state index contributed by atoms with van der Waals surface area (Å²) in [7, 11) is 6.58. The van der Waals surface area contributed by atoms with Crippen molar-refractivity contribution in [1.29, 1.82) is 0 Å². The third kappa shape index (κ3) is 7.06. The molecular formula is C19H18N2O2S4. The van der Waals surface area contributed by atoms with E-state index in [4.69, 9.17) is 0 Å². The van der Waals surface area contributed by atoms with Gasteiger partial charge in [0.15, 0.2) is 6.29 Å². The summed E-state index contributed by atoms with van der Waals surface area (Å²) in [5.41, 5.74) is 2.65. The zero-order valence-electron chi connectivity index (χ0n) is 14.3. The highest BCUT2D eigenvalue weighted by molar-refractivity contribution is 8.76. The normalized spacial score (nSPS) is 11.1. The van der Waals surface area contributed by atoms with Gasteiger partial charge in [-0.1, -0.05) is 39.8 Å². The lowest BCUT2D eigenvalue weighted by molar-refractivity contribution is -0.0425. The molecule has 2 aromatic heterocycles. The van der Waals surface area contributed by atoms with Gasteiger partial charge in [0.05, 0.1) is 0 Å². The number of aliphatic hydroxyl groups is 2. The number of nitrogens with zero attached hydrogens (tertiary/aromatic N) is 2. The zero-order chi connectivity index (χ0) is 18.9. The van der Waals surface area contributed by atoms with Gasteiger partial charge in [0.25, 0.3) is 0 Å². The molecule has 2 heterocycles. The molecule has 0 bridgehead atoms. The fraction of sp³-hybridized carbons (Fsp3) is 0.158. The predicted molar refractivity (Wildman–Crippen MR) is 116 cm³/mol. The van der Waals surface area contributed by atoms with Gasteiger partial charge in [-0.25, -0.2) is 9.97 Å². The van der Waals surface area contributed by atoms with E-state index in [1.165, 1.54) is 0 Å². The molecule has 0 spiro atoms. The summed E-state index contributed by atoms with van der Waals surface area (Å²) < 4.78 is 0. The van der Waals surface area contributed by atoms with Crippen molar-refractivity contribution in [1.82, 2.24) is 9.97 Å². The van der Waals surface area contributed by atoms with E-state index in [9.17, 15) is 10.2 Å². The highest BCUT2D eigenvalue weighted by Gasteiger charge is 2.08. The third-order valence-corrected chi connectivity index (χ3v) is 7.79. The van der Waals surface area contributed by atoms with E-state index in [1.54, 1.807) is 55.6 Å². The maximum Gasteiger partial charge on any atom is 0.178 e. The van der Waals surface area contributed by atoms with E-state index >= 15 is 0 Å². The Kier molecular flexibility index (Phi) is 8.37. The van der Waals surface area contributed by atoms with Crippen molar-refractivity contribution in [3.63, 3.8) is 0 Å². The van der Waals surface area contributed by atoms with Crippen molar-refractivity contribution >= 4 is 43.2 Å². The number of pyridine rings is 2. The van der Waals surface area contributed by atoms with Crippen LogP contribution < -0.4 is 0 Å². The molecule has 0 unspecified atom stereocenters. The van der Waals surface area contributed by atoms with Crippen molar-refractivity contribution in [3.8, 4) is 0 Å². The standard InChI is InChI=1S/C19H18N2O2S4/c22-19(23)16-10-14(12-24-26-17-5-1-3-7-20-17)9-15(11-16)13-25-27-18-6-2-4-8-21-18/h1-11,19,22-23H,12-13H2. The third-order valence-electron chi connectivity index (χ3n) is 3.39. The second-order valence-electron chi connectivity index (χ2n) is 5.48. The Balaban J connectivity index is 1.59. The van der Waals surface area contributed by atoms with Gasteiger partial charge in [0.1, 0.15) is 10.1 Å². The van der Waals surface area contributed by atoms with Crippen molar-refractivity contribution in [2.24, 2.45) is 0 Å². The quantitative estimate of drug-likeness (QED) is 0.345. The second-order valence-corrected chi connectivity index (χ2v) is 10.1. The molecule has 3 aromatic rings. The summed E-state index contributed by atoms with van der Waals surface area (Å²) >= 11 is 0.